The van der Waals surface area contributed by atoms with Crippen LogP contribution in [0.15, 0.2) is 21.1 Å². The van der Waals surface area contributed by atoms with Crippen molar-refractivity contribution in [3.8, 4) is 5.75 Å². The van der Waals surface area contributed by atoms with Gasteiger partial charge in [0, 0.05) is 18.7 Å². The molecule has 0 radical (unpaired) electrons. The van der Waals surface area contributed by atoms with Crippen LogP contribution < -0.4 is 0 Å². The molecule has 1 fully saturated rings. The third-order valence-corrected chi connectivity index (χ3v) is 4.27. The van der Waals surface area contributed by atoms with Crippen LogP contribution in [-0.4, -0.2) is 41.3 Å². The summed E-state index contributed by atoms with van der Waals surface area (Å²) in [5, 5.41) is 9.65. The number of halogens is 2. The van der Waals surface area contributed by atoms with Gasteiger partial charge in [0.05, 0.1) is 22.2 Å². The summed E-state index contributed by atoms with van der Waals surface area (Å²) >= 11 is 12.1. The van der Waals surface area contributed by atoms with Crippen molar-refractivity contribution in [3.05, 3.63) is 26.6 Å². The summed E-state index contributed by atoms with van der Waals surface area (Å²) in [5.74, 6) is 0.193. The SMILES string of the molecule is Oc1c(Br)cc(C(=S)N2CCOCC2)cc1Br. The number of aromatic hydroxyl groups is 1. The molecule has 17 heavy (non-hydrogen) atoms. The molecule has 1 heterocycles. The predicted octanol–water partition coefficient (Wildman–Crippen LogP) is 2.92. The molecule has 0 unspecified atom stereocenters. The van der Waals surface area contributed by atoms with E-state index in [0.717, 1.165) is 23.6 Å². The number of phenolic OH excluding ortho intramolecular Hbond substituents is 1. The minimum absolute atomic E-state index is 0.193. The van der Waals surface area contributed by atoms with Gasteiger partial charge in [0.1, 0.15) is 10.7 Å². The average Bonchev–Trinajstić information content (AvgIpc) is 2.35. The van der Waals surface area contributed by atoms with Crippen LogP contribution in [0.2, 0.25) is 0 Å². The third-order valence-electron chi connectivity index (χ3n) is 2.56. The first-order valence-electron chi connectivity index (χ1n) is 5.14. The first-order valence-corrected chi connectivity index (χ1v) is 7.14. The van der Waals surface area contributed by atoms with Gasteiger partial charge in [-0.3, -0.25) is 0 Å². The molecule has 1 saturated heterocycles. The van der Waals surface area contributed by atoms with Crippen molar-refractivity contribution in [2.75, 3.05) is 26.3 Å². The second-order valence-corrected chi connectivity index (χ2v) is 5.79. The van der Waals surface area contributed by atoms with Crippen molar-refractivity contribution in [2.24, 2.45) is 0 Å². The fourth-order valence-corrected chi connectivity index (χ4v) is 3.12. The van der Waals surface area contributed by atoms with E-state index in [0.29, 0.717) is 22.2 Å². The van der Waals surface area contributed by atoms with Gasteiger partial charge >= 0.3 is 0 Å². The van der Waals surface area contributed by atoms with E-state index in [1.54, 1.807) is 0 Å². The summed E-state index contributed by atoms with van der Waals surface area (Å²) in [4.78, 5) is 2.90. The van der Waals surface area contributed by atoms with Crippen molar-refractivity contribution in [2.45, 2.75) is 0 Å². The second kappa shape index (κ2) is 5.65. The number of morpholine rings is 1. The van der Waals surface area contributed by atoms with Crippen molar-refractivity contribution < 1.29 is 9.84 Å². The number of phenols is 1. The molecule has 1 N–H and O–H groups in total. The first-order chi connectivity index (χ1) is 8.09. The monoisotopic (exact) mass is 379 g/mol. The topological polar surface area (TPSA) is 32.7 Å². The molecule has 3 nitrogen and oxygen atoms in total. The lowest BCUT2D eigenvalue weighted by Crippen LogP contribution is -2.40. The van der Waals surface area contributed by atoms with Crippen LogP contribution in [0.25, 0.3) is 0 Å². The summed E-state index contributed by atoms with van der Waals surface area (Å²) in [6.45, 7) is 3.05. The molecule has 92 valence electrons. The summed E-state index contributed by atoms with van der Waals surface area (Å²) in [5.41, 5.74) is 0.915. The van der Waals surface area contributed by atoms with Gasteiger partial charge in [-0.05, 0) is 44.0 Å². The lowest BCUT2D eigenvalue weighted by atomic mass is 10.2. The molecule has 0 spiro atoms. The number of hydrogen-bond donors (Lipinski definition) is 1. The highest BCUT2D eigenvalue weighted by atomic mass is 79.9. The van der Waals surface area contributed by atoms with E-state index in [9.17, 15) is 5.11 Å². The fraction of sp³-hybridized carbons (Fsp3) is 0.364. The third kappa shape index (κ3) is 2.99. The van der Waals surface area contributed by atoms with Crippen molar-refractivity contribution in [3.63, 3.8) is 0 Å². The van der Waals surface area contributed by atoms with E-state index in [1.807, 2.05) is 12.1 Å². The smallest absolute Gasteiger partial charge is 0.143 e. The molecule has 0 aromatic heterocycles. The summed E-state index contributed by atoms with van der Waals surface area (Å²) in [7, 11) is 0. The second-order valence-electron chi connectivity index (χ2n) is 3.69. The van der Waals surface area contributed by atoms with Crippen molar-refractivity contribution in [1.82, 2.24) is 4.90 Å². The highest BCUT2D eigenvalue weighted by molar-refractivity contribution is 9.11. The Hall–Kier alpha value is -0.170. The van der Waals surface area contributed by atoms with E-state index in [-0.39, 0.29) is 5.75 Å². The molecule has 0 amide bonds. The Kier molecular flexibility index (Phi) is 4.41. The minimum atomic E-state index is 0.193. The Morgan fingerprint density at radius 2 is 1.76 bits per heavy atom. The summed E-state index contributed by atoms with van der Waals surface area (Å²) in [6, 6.07) is 3.66. The van der Waals surface area contributed by atoms with Crippen molar-refractivity contribution in [1.29, 1.82) is 0 Å². The molecule has 0 aliphatic carbocycles. The zero-order valence-electron chi connectivity index (χ0n) is 8.95. The maximum atomic E-state index is 9.65. The Bertz CT molecular complexity index is 424. The van der Waals surface area contributed by atoms with Crippen LogP contribution in [0, 0.1) is 0 Å². The Balaban J connectivity index is 2.24. The summed E-state index contributed by atoms with van der Waals surface area (Å²) < 4.78 is 6.57. The zero-order valence-corrected chi connectivity index (χ0v) is 12.9. The lowest BCUT2D eigenvalue weighted by Gasteiger charge is -2.29. The van der Waals surface area contributed by atoms with Crippen LogP contribution in [-0.2, 0) is 4.74 Å². The standard InChI is InChI=1S/C11H11Br2NO2S/c12-8-5-7(6-9(13)10(8)15)11(17)14-1-3-16-4-2-14/h5-6,15H,1-4H2. The molecular weight excluding hydrogens is 370 g/mol. The molecule has 1 aromatic rings. The van der Waals surface area contributed by atoms with Gasteiger partial charge in [-0.2, -0.15) is 0 Å². The van der Waals surface area contributed by atoms with Gasteiger partial charge in [0.2, 0.25) is 0 Å². The fourth-order valence-electron chi connectivity index (χ4n) is 1.64. The number of nitrogens with zero attached hydrogens (tertiary/aromatic N) is 1. The minimum Gasteiger partial charge on any atom is -0.506 e. The van der Waals surface area contributed by atoms with E-state index in [1.165, 1.54) is 0 Å². The molecule has 0 bridgehead atoms. The van der Waals surface area contributed by atoms with Crippen LogP contribution in [0.1, 0.15) is 5.56 Å². The van der Waals surface area contributed by atoms with E-state index < -0.39 is 0 Å². The molecule has 6 heteroatoms. The first kappa shape index (κ1) is 13.3. The summed E-state index contributed by atoms with van der Waals surface area (Å²) in [6.07, 6.45) is 0. The van der Waals surface area contributed by atoms with Crippen LogP contribution in [0.3, 0.4) is 0 Å². The maximum absolute atomic E-state index is 9.65. The number of hydrogen-bond acceptors (Lipinski definition) is 3. The molecular formula is C11H11Br2NO2S. The Labute approximate surface area is 122 Å². The highest BCUT2D eigenvalue weighted by Gasteiger charge is 2.17. The van der Waals surface area contributed by atoms with Crippen LogP contribution in [0.4, 0.5) is 0 Å². The number of thiocarbonyl (C=S) groups is 1. The van der Waals surface area contributed by atoms with Gasteiger partial charge in [-0.25, -0.2) is 0 Å². The van der Waals surface area contributed by atoms with Gasteiger partial charge in [0.25, 0.3) is 0 Å². The van der Waals surface area contributed by atoms with Crippen LogP contribution in [0.5, 0.6) is 5.75 Å². The molecule has 2 rings (SSSR count). The number of benzene rings is 1. The largest absolute Gasteiger partial charge is 0.506 e. The van der Waals surface area contributed by atoms with Gasteiger partial charge in [-0.1, -0.05) is 12.2 Å². The lowest BCUT2D eigenvalue weighted by molar-refractivity contribution is 0.0693. The van der Waals surface area contributed by atoms with Gasteiger partial charge < -0.3 is 14.7 Å². The predicted molar refractivity (Wildman–Crippen MR) is 77.6 cm³/mol. The quantitative estimate of drug-likeness (QED) is 0.759. The molecule has 0 saturated carbocycles. The van der Waals surface area contributed by atoms with Gasteiger partial charge in [-0.15, -0.1) is 0 Å². The normalized spacial score (nSPS) is 16.0. The maximum Gasteiger partial charge on any atom is 0.143 e. The van der Waals surface area contributed by atoms with E-state index in [4.69, 9.17) is 17.0 Å². The molecule has 1 aliphatic heterocycles. The number of ether oxygens (including phenoxy) is 1. The zero-order chi connectivity index (χ0) is 12.4. The number of rotatable bonds is 1. The molecule has 1 aromatic carbocycles. The Morgan fingerprint density at radius 3 is 2.29 bits per heavy atom. The van der Waals surface area contributed by atoms with E-state index in [2.05, 4.69) is 36.8 Å². The molecule has 0 atom stereocenters. The molecule has 1 aliphatic rings. The average molecular weight is 381 g/mol. The van der Waals surface area contributed by atoms with Gasteiger partial charge in [0.15, 0.2) is 0 Å². The highest BCUT2D eigenvalue weighted by Crippen LogP contribution is 2.33. The Morgan fingerprint density at radius 1 is 1.24 bits per heavy atom. The van der Waals surface area contributed by atoms with Crippen LogP contribution >= 0.6 is 44.1 Å². The van der Waals surface area contributed by atoms with Crippen molar-refractivity contribution >= 4 is 49.1 Å². The van der Waals surface area contributed by atoms with E-state index >= 15 is 0 Å².